The molecule has 0 saturated carbocycles. The van der Waals surface area contributed by atoms with E-state index in [4.69, 9.17) is 0 Å². The van der Waals surface area contributed by atoms with Crippen molar-refractivity contribution < 1.29 is 8.42 Å². The summed E-state index contributed by atoms with van der Waals surface area (Å²) in [6.45, 7) is 4.70. The van der Waals surface area contributed by atoms with Crippen molar-refractivity contribution in [2.24, 2.45) is 0 Å². The van der Waals surface area contributed by atoms with Gasteiger partial charge in [-0.2, -0.15) is 9.40 Å². The predicted molar refractivity (Wildman–Crippen MR) is 88.9 cm³/mol. The zero-order chi connectivity index (χ0) is 16.0. The van der Waals surface area contributed by atoms with E-state index in [9.17, 15) is 8.42 Å². The fraction of sp³-hybridized carbons (Fsp3) is 0.533. The Bertz CT molecular complexity index is 824. The van der Waals surface area contributed by atoms with Crippen molar-refractivity contribution in [1.82, 2.24) is 19.4 Å². The van der Waals surface area contributed by atoms with Crippen molar-refractivity contribution in [3.8, 4) is 0 Å². The molecule has 2 aliphatic heterocycles. The summed E-state index contributed by atoms with van der Waals surface area (Å²) in [5.74, 6) is 0. The van der Waals surface area contributed by atoms with E-state index in [0.717, 1.165) is 31.6 Å². The highest BCUT2D eigenvalue weighted by molar-refractivity contribution is 7.89. The number of aromatic nitrogens is 2. The number of fused-ring (bicyclic) bond motifs is 2. The van der Waals surface area contributed by atoms with Crippen LogP contribution in [-0.2, 0) is 29.5 Å². The molecule has 0 aromatic carbocycles. The highest BCUT2D eigenvalue weighted by Crippen LogP contribution is 2.39. The molecule has 8 heteroatoms. The molecule has 6 nitrogen and oxygen atoms in total. The molecule has 0 amide bonds. The fourth-order valence-corrected chi connectivity index (χ4v) is 6.35. The molecular weight excluding hydrogens is 332 g/mol. The summed E-state index contributed by atoms with van der Waals surface area (Å²) in [7, 11) is -3.53. The first-order valence-corrected chi connectivity index (χ1v) is 10.3. The van der Waals surface area contributed by atoms with Crippen LogP contribution in [0.3, 0.4) is 0 Å². The summed E-state index contributed by atoms with van der Waals surface area (Å²) in [6.07, 6.45) is 3.10. The summed E-state index contributed by atoms with van der Waals surface area (Å²) >= 11 is 1.73. The molecule has 2 aromatic rings. The molecule has 1 N–H and O–H groups in total. The van der Waals surface area contributed by atoms with E-state index in [1.54, 1.807) is 15.6 Å². The molecule has 1 atom stereocenters. The Morgan fingerprint density at radius 1 is 1.43 bits per heavy atom. The lowest BCUT2D eigenvalue weighted by atomic mass is 10.0. The van der Waals surface area contributed by atoms with Gasteiger partial charge in [0.2, 0.25) is 10.0 Å². The van der Waals surface area contributed by atoms with Crippen LogP contribution >= 0.6 is 11.3 Å². The van der Waals surface area contributed by atoms with E-state index in [1.807, 2.05) is 4.68 Å². The number of nitrogens with one attached hydrogen (secondary N) is 1. The van der Waals surface area contributed by atoms with Crippen molar-refractivity contribution in [2.75, 3.05) is 13.1 Å². The summed E-state index contributed by atoms with van der Waals surface area (Å²) < 4.78 is 30.0. The minimum Gasteiger partial charge on any atom is -0.309 e. The Labute approximate surface area is 140 Å². The van der Waals surface area contributed by atoms with Crippen LogP contribution in [0, 0.1) is 0 Å². The first kappa shape index (κ1) is 15.3. The van der Waals surface area contributed by atoms with Gasteiger partial charge >= 0.3 is 0 Å². The van der Waals surface area contributed by atoms with Gasteiger partial charge < -0.3 is 5.32 Å². The van der Waals surface area contributed by atoms with E-state index >= 15 is 0 Å². The number of hydrogen-bond donors (Lipinski definition) is 1. The fourth-order valence-electron chi connectivity index (χ4n) is 3.58. The first-order valence-electron chi connectivity index (χ1n) is 7.96. The summed E-state index contributed by atoms with van der Waals surface area (Å²) in [4.78, 5) is 1.68. The van der Waals surface area contributed by atoms with E-state index in [-0.39, 0.29) is 6.04 Å². The van der Waals surface area contributed by atoms with Gasteiger partial charge in [-0.25, -0.2) is 8.42 Å². The Morgan fingerprint density at radius 3 is 3.13 bits per heavy atom. The van der Waals surface area contributed by atoms with Gasteiger partial charge in [-0.15, -0.1) is 11.3 Å². The Kier molecular flexibility index (Phi) is 3.79. The van der Waals surface area contributed by atoms with Crippen molar-refractivity contribution in [3.63, 3.8) is 0 Å². The Balaban J connectivity index is 1.76. The first-order chi connectivity index (χ1) is 11.1. The van der Waals surface area contributed by atoms with E-state index in [2.05, 4.69) is 28.8 Å². The summed E-state index contributed by atoms with van der Waals surface area (Å²) in [5.41, 5.74) is 1.95. The van der Waals surface area contributed by atoms with Crippen molar-refractivity contribution in [2.45, 2.75) is 43.8 Å². The third-order valence-corrected chi connectivity index (χ3v) is 7.67. The van der Waals surface area contributed by atoms with Crippen LogP contribution in [0.25, 0.3) is 0 Å². The molecule has 1 unspecified atom stereocenters. The van der Waals surface area contributed by atoms with Crippen molar-refractivity contribution in [1.29, 1.82) is 0 Å². The topological polar surface area (TPSA) is 67.2 Å². The molecule has 0 fully saturated rings. The van der Waals surface area contributed by atoms with Crippen LogP contribution in [0.4, 0.5) is 0 Å². The second-order valence-corrected chi connectivity index (χ2v) is 8.80. The van der Waals surface area contributed by atoms with E-state index in [1.165, 1.54) is 16.6 Å². The van der Waals surface area contributed by atoms with Gasteiger partial charge in [0.15, 0.2) is 0 Å². The minimum absolute atomic E-state index is 0.0675. The standard InChI is InChI=1S/C15H20N4O2S2/c1-2-12-11-4-8-22-14(11)3-6-19(12)23(20,21)15-10-17-18-7-5-16-9-13(15)18/h4,8,10,12,16H,2-3,5-7,9H2,1H3. The second kappa shape index (κ2) is 5.70. The van der Waals surface area contributed by atoms with Gasteiger partial charge in [0.25, 0.3) is 0 Å². The number of rotatable bonds is 3. The summed E-state index contributed by atoms with van der Waals surface area (Å²) in [6, 6.07) is 2.01. The molecule has 0 aliphatic carbocycles. The zero-order valence-corrected chi connectivity index (χ0v) is 14.7. The molecule has 0 radical (unpaired) electrons. The third kappa shape index (κ3) is 2.36. The molecule has 2 aromatic heterocycles. The van der Waals surface area contributed by atoms with Gasteiger partial charge in [0, 0.05) is 24.5 Å². The lowest BCUT2D eigenvalue weighted by Crippen LogP contribution is -2.40. The molecule has 4 heterocycles. The molecule has 4 rings (SSSR count). The molecule has 0 saturated heterocycles. The maximum Gasteiger partial charge on any atom is 0.247 e. The van der Waals surface area contributed by atoms with Gasteiger partial charge in [-0.05, 0) is 29.9 Å². The van der Waals surface area contributed by atoms with Gasteiger partial charge in [-0.1, -0.05) is 6.92 Å². The maximum atomic E-state index is 13.3. The highest BCUT2D eigenvalue weighted by atomic mass is 32.2. The van der Waals surface area contributed by atoms with E-state index < -0.39 is 10.0 Å². The average molecular weight is 352 g/mol. The second-order valence-electron chi connectivity index (χ2n) is 5.94. The average Bonchev–Trinajstić information content (AvgIpc) is 3.20. The smallest absolute Gasteiger partial charge is 0.247 e. The highest BCUT2D eigenvalue weighted by Gasteiger charge is 2.38. The number of sulfonamides is 1. The van der Waals surface area contributed by atoms with E-state index in [0.29, 0.717) is 18.0 Å². The molecular formula is C15H20N4O2S2. The van der Waals surface area contributed by atoms with Crippen LogP contribution in [-0.4, -0.2) is 35.6 Å². The van der Waals surface area contributed by atoms with Gasteiger partial charge in [0.05, 0.1) is 24.5 Å². The quantitative estimate of drug-likeness (QED) is 0.914. The van der Waals surface area contributed by atoms with Crippen LogP contribution in [0.2, 0.25) is 0 Å². The predicted octanol–water partition coefficient (Wildman–Crippen LogP) is 1.75. The number of thiophene rings is 1. The van der Waals surface area contributed by atoms with Crippen molar-refractivity contribution in [3.05, 3.63) is 33.8 Å². The normalized spacial score (nSPS) is 21.9. The molecule has 23 heavy (non-hydrogen) atoms. The lowest BCUT2D eigenvalue weighted by Gasteiger charge is -2.34. The lowest BCUT2D eigenvalue weighted by molar-refractivity contribution is 0.302. The maximum absolute atomic E-state index is 13.3. The summed E-state index contributed by atoms with van der Waals surface area (Å²) in [5, 5.41) is 9.58. The molecule has 2 aliphatic rings. The van der Waals surface area contributed by atoms with Crippen LogP contribution < -0.4 is 5.32 Å². The molecule has 0 bridgehead atoms. The third-order valence-electron chi connectivity index (χ3n) is 4.72. The molecule has 124 valence electrons. The largest absolute Gasteiger partial charge is 0.309 e. The van der Waals surface area contributed by atoms with Crippen LogP contribution in [0.5, 0.6) is 0 Å². The zero-order valence-electron chi connectivity index (χ0n) is 13.0. The SMILES string of the molecule is CCC1c2ccsc2CCN1S(=O)(=O)c1cnn2c1CNCC2. The van der Waals surface area contributed by atoms with Crippen molar-refractivity contribution >= 4 is 21.4 Å². The van der Waals surface area contributed by atoms with Crippen LogP contribution in [0.1, 0.15) is 35.5 Å². The number of hydrogen-bond acceptors (Lipinski definition) is 5. The van der Waals surface area contributed by atoms with Gasteiger partial charge in [0.1, 0.15) is 4.90 Å². The minimum atomic E-state index is -3.53. The Morgan fingerprint density at radius 2 is 2.30 bits per heavy atom. The van der Waals surface area contributed by atoms with Gasteiger partial charge in [-0.3, -0.25) is 4.68 Å². The Hall–Kier alpha value is -1.22. The monoisotopic (exact) mass is 352 g/mol. The number of nitrogens with zero attached hydrogens (tertiary/aromatic N) is 3. The molecule has 0 spiro atoms. The van der Waals surface area contributed by atoms with Crippen LogP contribution in [0.15, 0.2) is 22.5 Å².